The van der Waals surface area contributed by atoms with Crippen LogP contribution in [-0.2, 0) is 16.1 Å². The number of hydrogen-bond donors (Lipinski definition) is 1. The molecule has 0 aliphatic carbocycles. The average molecular weight is 522 g/mol. The SMILES string of the molecule is COC(=O)NCCC(OCc1cccc(N2CCN(C)c3nc(SC)ncc3C2=O)c1)c1ccccc1. The Bertz CT molecular complexity index is 1230. The van der Waals surface area contributed by atoms with Crippen molar-refractivity contribution in [2.75, 3.05) is 49.8 Å². The van der Waals surface area contributed by atoms with Gasteiger partial charge in [-0.15, -0.1) is 0 Å². The molecule has 1 N–H and O–H groups in total. The van der Waals surface area contributed by atoms with E-state index in [9.17, 15) is 9.59 Å². The van der Waals surface area contributed by atoms with Gasteiger partial charge in [0.25, 0.3) is 5.91 Å². The molecule has 1 atom stereocenters. The number of ether oxygens (including phenoxy) is 2. The van der Waals surface area contributed by atoms with Gasteiger partial charge in [0, 0.05) is 38.6 Å². The Balaban J connectivity index is 1.49. The molecular weight excluding hydrogens is 490 g/mol. The summed E-state index contributed by atoms with van der Waals surface area (Å²) in [5.41, 5.74) is 3.25. The number of alkyl carbamates (subject to hydrolysis) is 1. The molecule has 0 spiro atoms. The summed E-state index contributed by atoms with van der Waals surface area (Å²) in [6.07, 6.45) is 3.43. The maximum atomic E-state index is 13.5. The Morgan fingerprint density at radius 3 is 2.73 bits per heavy atom. The van der Waals surface area contributed by atoms with E-state index in [-0.39, 0.29) is 12.0 Å². The van der Waals surface area contributed by atoms with E-state index >= 15 is 0 Å². The van der Waals surface area contributed by atoms with Crippen LogP contribution in [0.25, 0.3) is 0 Å². The molecule has 1 aliphatic heterocycles. The van der Waals surface area contributed by atoms with Crippen LogP contribution in [-0.4, -0.2) is 62.0 Å². The predicted molar refractivity (Wildman–Crippen MR) is 144 cm³/mol. The fraction of sp³-hybridized carbons (Fsp3) is 0.333. The van der Waals surface area contributed by atoms with Gasteiger partial charge in [0.15, 0.2) is 5.16 Å². The highest BCUT2D eigenvalue weighted by Gasteiger charge is 2.28. The lowest BCUT2D eigenvalue weighted by Crippen LogP contribution is -2.33. The van der Waals surface area contributed by atoms with Crippen LogP contribution < -0.4 is 15.1 Å². The first kappa shape index (κ1) is 26.4. The van der Waals surface area contributed by atoms with Crippen molar-refractivity contribution in [2.24, 2.45) is 0 Å². The number of carbonyl (C=O) groups excluding carboxylic acids is 2. The monoisotopic (exact) mass is 521 g/mol. The topological polar surface area (TPSA) is 96.9 Å². The van der Waals surface area contributed by atoms with Crippen molar-refractivity contribution in [1.82, 2.24) is 15.3 Å². The van der Waals surface area contributed by atoms with E-state index in [0.29, 0.717) is 49.2 Å². The lowest BCUT2D eigenvalue weighted by atomic mass is 10.1. The first-order chi connectivity index (χ1) is 18.0. The highest BCUT2D eigenvalue weighted by molar-refractivity contribution is 7.98. The molecule has 37 heavy (non-hydrogen) atoms. The van der Waals surface area contributed by atoms with Gasteiger partial charge >= 0.3 is 6.09 Å². The number of methoxy groups -OCH3 is 1. The fourth-order valence-corrected chi connectivity index (χ4v) is 4.48. The van der Waals surface area contributed by atoms with Crippen LogP contribution in [0.4, 0.5) is 16.3 Å². The minimum atomic E-state index is -0.469. The molecule has 2 amide bonds. The van der Waals surface area contributed by atoms with Gasteiger partial charge in [-0.2, -0.15) is 0 Å². The largest absolute Gasteiger partial charge is 0.453 e. The molecule has 194 valence electrons. The number of aromatic nitrogens is 2. The van der Waals surface area contributed by atoms with E-state index in [1.807, 2.05) is 72.8 Å². The van der Waals surface area contributed by atoms with Crippen molar-refractivity contribution in [2.45, 2.75) is 24.3 Å². The number of amides is 2. The number of nitrogens with one attached hydrogen (secondary N) is 1. The van der Waals surface area contributed by atoms with Gasteiger partial charge in [-0.3, -0.25) is 4.79 Å². The number of benzene rings is 2. The molecular formula is C27H31N5O4S. The molecule has 1 aromatic heterocycles. The van der Waals surface area contributed by atoms with Crippen LogP contribution in [0, 0.1) is 0 Å². The number of thioether (sulfide) groups is 1. The van der Waals surface area contributed by atoms with Gasteiger partial charge in [0.2, 0.25) is 0 Å². The van der Waals surface area contributed by atoms with Crippen LogP contribution >= 0.6 is 11.8 Å². The molecule has 9 nitrogen and oxygen atoms in total. The van der Waals surface area contributed by atoms with Gasteiger partial charge in [-0.05, 0) is 35.9 Å². The second kappa shape index (κ2) is 12.6. The summed E-state index contributed by atoms with van der Waals surface area (Å²) >= 11 is 1.45. The summed E-state index contributed by atoms with van der Waals surface area (Å²) in [4.78, 5) is 37.6. The van der Waals surface area contributed by atoms with E-state index in [0.717, 1.165) is 16.8 Å². The quantitative estimate of drug-likeness (QED) is 0.329. The van der Waals surface area contributed by atoms with E-state index in [2.05, 4.69) is 20.0 Å². The molecule has 0 fully saturated rings. The molecule has 1 aliphatic rings. The average Bonchev–Trinajstić information content (AvgIpc) is 3.06. The molecule has 0 radical (unpaired) electrons. The van der Waals surface area contributed by atoms with Crippen LogP contribution in [0.15, 0.2) is 66.0 Å². The van der Waals surface area contributed by atoms with Crippen molar-refractivity contribution in [3.8, 4) is 0 Å². The van der Waals surface area contributed by atoms with Crippen molar-refractivity contribution < 1.29 is 19.1 Å². The Hall–Kier alpha value is -3.63. The number of anilines is 2. The number of rotatable bonds is 9. The summed E-state index contributed by atoms with van der Waals surface area (Å²) in [6.45, 7) is 1.94. The van der Waals surface area contributed by atoms with E-state index in [1.54, 1.807) is 11.1 Å². The maximum Gasteiger partial charge on any atom is 0.406 e. The number of fused-ring (bicyclic) bond motifs is 1. The van der Waals surface area contributed by atoms with Crippen molar-refractivity contribution in [1.29, 1.82) is 0 Å². The number of carbonyl (C=O) groups is 2. The van der Waals surface area contributed by atoms with E-state index < -0.39 is 6.09 Å². The second-order valence-corrected chi connectivity index (χ2v) is 9.33. The third-order valence-corrected chi connectivity index (χ3v) is 6.69. The molecule has 0 saturated heterocycles. The third-order valence-electron chi connectivity index (χ3n) is 6.13. The first-order valence-electron chi connectivity index (χ1n) is 12.0. The summed E-state index contributed by atoms with van der Waals surface area (Å²) in [5, 5.41) is 3.35. The minimum Gasteiger partial charge on any atom is -0.453 e. The molecule has 1 unspecified atom stereocenters. The maximum absolute atomic E-state index is 13.5. The molecule has 2 heterocycles. The molecule has 4 rings (SSSR count). The second-order valence-electron chi connectivity index (χ2n) is 8.56. The summed E-state index contributed by atoms with van der Waals surface area (Å²) in [7, 11) is 3.28. The lowest BCUT2D eigenvalue weighted by molar-refractivity contribution is 0.0341. The lowest BCUT2D eigenvalue weighted by Gasteiger charge is -2.22. The zero-order valence-electron chi connectivity index (χ0n) is 21.2. The summed E-state index contributed by atoms with van der Waals surface area (Å²) < 4.78 is 11.0. The molecule has 0 saturated carbocycles. The van der Waals surface area contributed by atoms with Crippen molar-refractivity contribution in [3.05, 3.63) is 77.5 Å². The van der Waals surface area contributed by atoms with Gasteiger partial charge in [0.05, 0.1) is 19.8 Å². The highest BCUT2D eigenvalue weighted by Crippen LogP contribution is 2.28. The first-order valence-corrected chi connectivity index (χ1v) is 13.2. The van der Waals surface area contributed by atoms with Crippen molar-refractivity contribution >= 4 is 35.3 Å². The summed E-state index contributed by atoms with van der Waals surface area (Å²) in [5.74, 6) is 0.527. The Morgan fingerprint density at radius 1 is 1.16 bits per heavy atom. The molecule has 2 aromatic carbocycles. The fourth-order valence-electron chi connectivity index (χ4n) is 4.15. The van der Waals surface area contributed by atoms with Gasteiger partial charge in [-0.25, -0.2) is 14.8 Å². The Morgan fingerprint density at radius 2 is 1.97 bits per heavy atom. The molecule has 0 bridgehead atoms. The van der Waals surface area contributed by atoms with Gasteiger partial charge < -0.3 is 24.6 Å². The zero-order valence-corrected chi connectivity index (χ0v) is 22.0. The number of likely N-dealkylation sites (N-methyl/N-ethyl adjacent to an activating group) is 1. The molecule has 3 aromatic rings. The van der Waals surface area contributed by atoms with Crippen LogP contribution in [0.1, 0.15) is 34.0 Å². The smallest absolute Gasteiger partial charge is 0.406 e. The Labute approximate surface area is 221 Å². The normalized spacial score (nSPS) is 14.1. The van der Waals surface area contributed by atoms with E-state index in [4.69, 9.17) is 4.74 Å². The van der Waals surface area contributed by atoms with Gasteiger partial charge in [0.1, 0.15) is 11.4 Å². The third kappa shape index (κ3) is 6.58. The minimum absolute atomic E-state index is 0.124. The van der Waals surface area contributed by atoms with E-state index in [1.165, 1.54) is 18.9 Å². The predicted octanol–water partition coefficient (Wildman–Crippen LogP) is 4.30. The highest BCUT2D eigenvalue weighted by atomic mass is 32.2. The summed E-state index contributed by atoms with van der Waals surface area (Å²) in [6, 6.07) is 17.7. The van der Waals surface area contributed by atoms with Crippen LogP contribution in [0.5, 0.6) is 0 Å². The van der Waals surface area contributed by atoms with Crippen LogP contribution in [0.3, 0.4) is 0 Å². The molecule has 10 heteroatoms. The number of nitrogens with zero attached hydrogens (tertiary/aromatic N) is 4. The number of hydrogen-bond acceptors (Lipinski definition) is 8. The standard InChI is InChI=1S/C27H31N5O4S/c1-31-14-15-32(25(33)22-17-29-26(37-3)30-24(22)31)21-11-7-8-19(16-21)18-36-23(12-13-28-27(34)35-2)20-9-5-4-6-10-20/h4-11,16-17,23H,12-15,18H2,1-3H3,(H,28,34). The zero-order chi connectivity index (χ0) is 26.2. The van der Waals surface area contributed by atoms with Crippen LogP contribution in [0.2, 0.25) is 0 Å². The van der Waals surface area contributed by atoms with Crippen molar-refractivity contribution in [3.63, 3.8) is 0 Å². The van der Waals surface area contributed by atoms with Gasteiger partial charge in [-0.1, -0.05) is 54.2 Å². The Kier molecular flexibility index (Phi) is 8.97.